The third-order valence-electron chi connectivity index (χ3n) is 5.99. The number of ether oxygens (including phenoxy) is 1. The van der Waals surface area contributed by atoms with Gasteiger partial charge in [-0.2, -0.15) is 0 Å². The zero-order valence-electron chi connectivity index (χ0n) is 19.2. The number of rotatable bonds is 6. The molecule has 0 saturated carbocycles. The maximum absolute atomic E-state index is 12.9. The Morgan fingerprint density at radius 3 is 2.38 bits per heavy atom. The van der Waals surface area contributed by atoms with E-state index in [-0.39, 0.29) is 12.4 Å². The normalized spacial score (nSPS) is 14.1. The second-order valence-electron chi connectivity index (χ2n) is 8.31. The summed E-state index contributed by atoms with van der Waals surface area (Å²) in [6.45, 7) is 3.93. The Kier molecular flexibility index (Phi) is 6.38. The van der Waals surface area contributed by atoms with E-state index in [0.29, 0.717) is 16.8 Å². The summed E-state index contributed by atoms with van der Waals surface area (Å²) in [7, 11) is 0. The number of likely N-dealkylation sites (tertiary alicyclic amines) is 1. The number of benzene rings is 2. The van der Waals surface area contributed by atoms with Crippen LogP contribution in [0.1, 0.15) is 36.7 Å². The molecule has 4 aromatic rings. The predicted molar refractivity (Wildman–Crippen MR) is 134 cm³/mol. The van der Waals surface area contributed by atoms with Gasteiger partial charge in [-0.25, -0.2) is 14.8 Å². The number of pyridine rings is 1. The van der Waals surface area contributed by atoms with Gasteiger partial charge < -0.3 is 14.1 Å². The Bertz CT molecular complexity index is 1310. The van der Waals surface area contributed by atoms with Crippen LogP contribution in [0, 0.1) is 0 Å². The van der Waals surface area contributed by atoms with Crippen LogP contribution in [0.25, 0.3) is 33.5 Å². The standard InChI is InChI=1S/C28H27N3O3/c1-2-33-28(32)26-25(29-19-31-16-10-5-11-17-31)24-22(20-12-6-3-7-13-20)18-23(30-27(24)34-26)21-14-8-4-9-15-21/h3-4,6-9,12-15,18-19H,2,5,10-11,16-17H2,1H3. The van der Waals surface area contributed by atoms with Gasteiger partial charge in [-0.05, 0) is 43.4 Å². The van der Waals surface area contributed by atoms with E-state index >= 15 is 0 Å². The molecule has 2 aromatic carbocycles. The molecule has 1 aliphatic rings. The maximum Gasteiger partial charge on any atom is 0.376 e. The Morgan fingerprint density at radius 1 is 1.03 bits per heavy atom. The van der Waals surface area contributed by atoms with Crippen molar-refractivity contribution in [1.82, 2.24) is 9.88 Å². The molecular formula is C28H27N3O3. The first kappa shape index (κ1) is 21.9. The average Bonchev–Trinajstić information content (AvgIpc) is 3.27. The molecule has 2 aromatic heterocycles. The fraction of sp³-hybridized carbons (Fsp3) is 0.250. The lowest BCUT2D eigenvalue weighted by atomic mass is 9.99. The highest BCUT2D eigenvalue weighted by molar-refractivity contribution is 6.09. The van der Waals surface area contributed by atoms with Crippen LogP contribution in [-0.4, -0.2) is 41.9 Å². The van der Waals surface area contributed by atoms with Crippen LogP contribution >= 0.6 is 0 Å². The number of carbonyl (C=O) groups is 1. The number of nitrogens with zero attached hydrogens (tertiary/aromatic N) is 3. The van der Waals surface area contributed by atoms with Crippen LogP contribution in [0.2, 0.25) is 0 Å². The quantitative estimate of drug-likeness (QED) is 0.190. The van der Waals surface area contributed by atoms with E-state index in [1.807, 2.05) is 73.1 Å². The molecule has 0 bridgehead atoms. The van der Waals surface area contributed by atoms with Gasteiger partial charge in [-0.1, -0.05) is 60.7 Å². The molecule has 0 aliphatic carbocycles. The number of carbonyl (C=O) groups excluding carboxylic acids is 1. The third kappa shape index (κ3) is 4.44. The molecule has 6 heteroatoms. The summed E-state index contributed by atoms with van der Waals surface area (Å²) in [5.41, 5.74) is 4.48. The van der Waals surface area contributed by atoms with E-state index in [1.165, 1.54) is 6.42 Å². The Labute approximate surface area is 198 Å². The van der Waals surface area contributed by atoms with Crippen molar-refractivity contribution in [3.05, 3.63) is 72.5 Å². The molecule has 0 N–H and O–H groups in total. The van der Waals surface area contributed by atoms with Crippen LogP contribution in [0.5, 0.6) is 0 Å². The lowest BCUT2D eigenvalue weighted by molar-refractivity contribution is 0.0493. The summed E-state index contributed by atoms with van der Waals surface area (Å²) < 4.78 is 11.4. The second kappa shape index (κ2) is 9.91. The fourth-order valence-electron chi connectivity index (χ4n) is 4.32. The third-order valence-corrected chi connectivity index (χ3v) is 5.99. The molecule has 34 heavy (non-hydrogen) atoms. The molecule has 0 radical (unpaired) electrons. The van der Waals surface area contributed by atoms with Crippen molar-refractivity contribution < 1.29 is 13.9 Å². The number of aliphatic imine (C=N–C) groups is 1. The van der Waals surface area contributed by atoms with Crippen LogP contribution in [0.15, 0.2) is 76.1 Å². The summed E-state index contributed by atoms with van der Waals surface area (Å²) in [6, 6.07) is 22.0. The molecule has 5 rings (SSSR count). The van der Waals surface area contributed by atoms with Crippen molar-refractivity contribution in [1.29, 1.82) is 0 Å². The van der Waals surface area contributed by atoms with Gasteiger partial charge in [-0.3, -0.25) is 0 Å². The number of aromatic nitrogens is 1. The SMILES string of the molecule is CCOC(=O)c1oc2nc(-c3ccccc3)cc(-c3ccccc3)c2c1N=CN1CCCCC1. The van der Waals surface area contributed by atoms with Gasteiger partial charge in [0.1, 0.15) is 5.69 Å². The van der Waals surface area contributed by atoms with Crippen molar-refractivity contribution in [2.45, 2.75) is 26.2 Å². The highest BCUT2D eigenvalue weighted by Gasteiger charge is 2.26. The highest BCUT2D eigenvalue weighted by atomic mass is 16.5. The van der Waals surface area contributed by atoms with Crippen molar-refractivity contribution in [3.8, 4) is 22.4 Å². The smallest absolute Gasteiger partial charge is 0.376 e. The molecule has 3 heterocycles. The van der Waals surface area contributed by atoms with Gasteiger partial charge in [0.15, 0.2) is 0 Å². The van der Waals surface area contributed by atoms with Crippen molar-refractivity contribution >= 4 is 29.1 Å². The molecule has 1 aliphatic heterocycles. The molecule has 0 atom stereocenters. The van der Waals surface area contributed by atoms with Gasteiger partial charge in [0, 0.05) is 18.7 Å². The van der Waals surface area contributed by atoms with Crippen LogP contribution in [0.4, 0.5) is 5.69 Å². The summed E-state index contributed by atoms with van der Waals surface area (Å²) in [5, 5.41) is 0.710. The zero-order valence-corrected chi connectivity index (χ0v) is 19.2. The number of furan rings is 1. The average molecular weight is 454 g/mol. The maximum atomic E-state index is 12.9. The Morgan fingerprint density at radius 2 is 1.71 bits per heavy atom. The minimum Gasteiger partial charge on any atom is -0.460 e. The Balaban J connectivity index is 1.74. The van der Waals surface area contributed by atoms with Crippen molar-refractivity contribution in [2.24, 2.45) is 4.99 Å². The van der Waals surface area contributed by atoms with Crippen LogP contribution in [-0.2, 0) is 4.74 Å². The Hall–Kier alpha value is -3.93. The monoisotopic (exact) mass is 453 g/mol. The minimum absolute atomic E-state index is 0.0833. The number of piperidine rings is 1. The van der Waals surface area contributed by atoms with E-state index in [2.05, 4.69) is 4.90 Å². The first-order valence-electron chi connectivity index (χ1n) is 11.8. The highest BCUT2D eigenvalue weighted by Crippen LogP contribution is 2.41. The van der Waals surface area contributed by atoms with E-state index < -0.39 is 5.97 Å². The summed E-state index contributed by atoms with van der Waals surface area (Å²) in [5.74, 6) is -0.452. The van der Waals surface area contributed by atoms with E-state index in [1.54, 1.807) is 6.92 Å². The number of hydrogen-bond donors (Lipinski definition) is 0. The molecular weight excluding hydrogens is 426 g/mol. The molecule has 0 unspecified atom stereocenters. The van der Waals surface area contributed by atoms with Crippen molar-refractivity contribution in [3.63, 3.8) is 0 Å². The lowest BCUT2D eigenvalue weighted by Crippen LogP contribution is -2.28. The molecule has 0 amide bonds. The van der Waals surface area contributed by atoms with Crippen LogP contribution in [0.3, 0.4) is 0 Å². The molecule has 172 valence electrons. The second-order valence-corrected chi connectivity index (χ2v) is 8.31. The minimum atomic E-state index is -0.536. The van der Waals surface area contributed by atoms with Crippen molar-refractivity contribution in [2.75, 3.05) is 19.7 Å². The van der Waals surface area contributed by atoms with Gasteiger partial charge in [0.05, 0.1) is 24.0 Å². The first-order chi connectivity index (χ1) is 16.7. The lowest BCUT2D eigenvalue weighted by Gasteiger charge is -2.23. The van der Waals surface area contributed by atoms with Gasteiger partial charge in [0.25, 0.3) is 0 Å². The first-order valence-corrected chi connectivity index (χ1v) is 11.8. The van der Waals surface area contributed by atoms with E-state index in [9.17, 15) is 4.79 Å². The van der Waals surface area contributed by atoms with Gasteiger partial charge >= 0.3 is 5.97 Å². The van der Waals surface area contributed by atoms with Gasteiger partial charge in [0.2, 0.25) is 11.5 Å². The van der Waals surface area contributed by atoms with E-state index in [0.717, 1.165) is 48.3 Å². The number of esters is 1. The molecule has 0 spiro atoms. The largest absolute Gasteiger partial charge is 0.460 e. The topological polar surface area (TPSA) is 67.9 Å². The van der Waals surface area contributed by atoms with Crippen LogP contribution < -0.4 is 0 Å². The molecule has 6 nitrogen and oxygen atoms in total. The number of fused-ring (bicyclic) bond motifs is 1. The van der Waals surface area contributed by atoms with Gasteiger partial charge in [-0.15, -0.1) is 0 Å². The predicted octanol–water partition coefficient (Wildman–Crippen LogP) is 6.48. The molecule has 1 fully saturated rings. The number of hydrogen-bond acceptors (Lipinski definition) is 5. The van der Waals surface area contributed by atoms with E-state index in [4.69, 9.17) is 19.1 Å². The summed E-state index contributed by atoms with van der Waals surface area (Å²) in [6.07, 6.45) is 5.34. The zero-order chi connectivity index (χ0) is 23.3. The summed E-state index contributed by atoms with van der Waals surface area (Å²) >= 11 is 0. The summed E-state index contributed by atoms with van der Waals surface area (Å²) in [4.78, 5) is 24.6. The molecule has 1 saturated heterocycles. The fourth-order valence-corrected chi connectivity index (χ4v) is 4.32.